The first-order valence-electron chi connectivity index (χ1n) is 3.86. The van der Waals surface area contributed by atoms with Gasteiger partial charge in [-0.05, 0) is 26.3 Å². The van der Waals surface area contributed by atoms with Crippen LogP contribution >= 0.6 is 0 Å². The van der Waals surface area contributed by atoms with Crippen LogP contribution in [0.15, 0.2) is 0 Å². The molecule has 0 aliphatic heterocycles. The number of unbranched alkanes of at least 4 members (excludes halogenated alkanes) is 1. The van der Waals surface area contributed by atoms with Crippen LogP contribution in [0, 0.1) is 6.42 Å². The molecule has 1 radical (unpaired) electrons. The fraction of sp³-hybridized carbons (Fsp3) is 0.875. The lowest BCUT2D eigenvalue weighted by molar-refractivity contribution is 0.554. The molecule has 0 aromatic rings. The highest BCUT2D eigenvalue weighted by Gasteiger charge is 1.93. The lowest BCUT2D eigenvalue weighted by atomic mass is 10.2. The maximum atomic E-state index is 3.38. The highest BCUT2D eigenvalue weighted by Crippen LogP contribution is 1.88. The third-order valence-corrected chi connectivity index (χ3v) is 1.51. The molecule has 1 atom stereocenters. The highest BCUT2D eigenvalue weighted by atomic mass is 14.9. The Balaban J connectivity index is 2.88. The van der Waals surface area contributed by atoms with Crippen molar-refractivity contribution >= 4 is 0 Å². The summed E-state index contributed by atoms with van der Waals surface area (Å²) in [5.74, 6) is 0. The van der Waals surface area contributed by atoms with Crippen molar-refractivity contribution in [2.45, 2.75) is 39.7 Å². The molecule has 0 aromatic carbocycles. The van der Waals surface area contributed by atoms with Gasteiger partial charge in [-0.15, -0.1) is 0 Å². The van der Waals surface area contributed by atoms with E-state index in [0.29, 0.717) is 6.04 Å². The van der Waals surface area contributed by atoms with E-state index in [1.54, 1.807) is 0 Å². The van der Waals surface area contributed by atoms with Crippen molar-refractivity contribution in [2.75, 3.05) is 6.54 Å². The normalized spacial score (nSPS) is 13.7. The Labute approximate surface area is 58.8 Å². The largest absolute Gasteiger partial charge is 0.314 e. The number of rotatable bonds is 5. The van der Waals surface area contributed by atoms with Gasteiger partial charge in [0.25, 0.3) is 0 Å². The van der Waals surface area contributed by atoms with Gasteiger partial charge in [0.2, 0.25) is 0 Å². The summed E-state index contributed by atoms with van der Waals surface area (Å²) in [7, 11) is 0. The van der Waals surface area contributed by atoms with Crippen LogP contribution in [0.1, 0.15) is 33.6 Å². The maximum absolute atomic E-state index is 3.38. The van der Waals surface area contributed by atoms with Crippen LogP contribution in [0.25, 0.3) is 0 Å². The predicted octanol–water partition coefficient (Wildman–Crippen LogP) is 1.99. The molecule has 0 bridgehead atoms. The summed E-state index contributed by atoms with van der Waals surface area (Å²) in [5, 5.41) is 3.38. The van der Waals surface area contributed by atoms with E-state index in [-0.39, 0.29) is 0 Å². The molecule has 1 N–H and O–H groups in total. The summed E-state index contributed by atoms with van der Waals surface area (Å²) < 4.78 is 0. The molecule has 1 unspecified atom stereocenters. The molecule has 0 spiro atoms. The van der Waals surface area contributed by atoms with Crippen LogP contribution in [0.4, 0.5) is 0 Å². The standard InChI is InChI=1S/C8H18N/c1-4-6-7-9-8(3)5-2/h6,8-9H,4-5,7H2,1-3H3. The smallest absolute Gasteiger partial charge is 0.00362 e. The molecule has 9 heavy (non-hydrogen) atoms. The van der Waals surface area contributed by atoms with E-state index in [0.717, 1.165) is 6.54 Å². The predicted molar refractivity (Wildman–Crippen MR) is 42.3 cm³/mol. The zero-order valence-corrected chi connectivity index (χ0v) is 6.78. The van der Waals surface area contributed by atoms with Gasteiger partial charge in [-0.25, -0.2) is 0 Å². The summed E-state index contributed by atoms with van der Waals surface area (Å²) in [5.41, 5.74) is 0. The van der Waals surface area contributed by atoms with E-state index >= 15 is 0 Å². The van der Waals surface area contributed by atoms with Crippen molar-refractivity contribution in [3.05, 3.63) is 6.42 Å². The third-order valence-electron chi connectivity index (χ3n) is 1.51. The molecule has 1 nitrogen and oxygen atoms in total. The van der Waals surface area contributed by atoms with Gasteiger partial charge in [-0.2, -0.15) is 0 Å². The second-order valence-electron chi connectivity index (χ2n) is 2.41. The van der Waals surface area contributed by atoms with Gasteiger partial charge < -0.3 is 5.32 Å². The molecule has 0 aliphatic carbocycles. The maximum Gasteiger partial charge on any atom is 0.00362 e. The van der Waals surface area contributed by atoms with Crippen LogP contribution < -0.4 is 5.32 Å². The zero-order valence-electron chi connectivity index (χ0n) is 6.78. The third kappa shape index (κ3) is 5.84. The first-order chi connectivity index (χ1) is 4.31. The highest BCUT2D eigenvalue weighted by molar-refractivity contribution is 4.67. The zero-order chi connectivity index (χ0) is 7.11. The topological polar surface area (TPSA) is 12.0 Å². The SMILES string of the molecule is CC[CH]CNC(C)CC. The van der Waals surface area contributed by atoms with Gasteiger partial charge in [-0.1, -0.05) is 20.3 Å². The molecule has 0 heterocycles. The molecular formula is C8H18N. The Morgan fingerprint density at radius 2 is 2.11 bits per heavy atom. The number of hydrogen-bond donors (Lipinski definition) is 1. The van der Waals surface area contributed by atoms with E-state index < -0.39 is 0 Å². The number of nitrogens with one attached hydrogen (secondary N) is 1. The van der Waals surface area contributed by atoms with E-state index in [9.17, 15) is 0 Å². The van der Waals surface area contributed by atoms with Gasteiger partial charge in [0.05, 0.1) is 0 Å². The lowest BCUT2D eigenvalue weighted by Crippen LogP contribution is -2.26. The minimum absolute atomic E-state index is 0.674. The van der Waals surface area contributed by atoms with Gasteiger partial charge in [-0.3, -0.25) is 0 Å². The van der Waals surface area contributed by atoms with Crippen LogP contribution in [0.2, 0.25) is 0 Å². The lowest BCUT2D eigenvalue weighted by Gasteiger charge is -2.09. The molecule has 55 valence electrons. The summed E-state index contributed by atoms with van der Waals surface area (Å²) in [6.45, 7) is 7.64. The molecule has 0 saturated carbocycles. The molecule has 0 amide bonds. The van der Waals surface area contributed by atoms with Crippen molar-refractivity contribution in [3.8, 4) is 0 Å². The Bertz CT molecular complexity index is 52.5. The van der Waals surface area contributed by atoms with Crippen molar-refractivity contribution in [1.82, 2.24) is 5.32 Å². The van der Waals surface area contributed by atoms with Crippen LogP contribution in [0.3, 0.4) is 0 Å². The van der Waals surface area contributed by atoms with Gasteiger partial charge >= 0.3 is 0 Å². The molecule has 1 heteroatoms. The first-order valence-corrected chi connectivity index (χ1v) is 3.86. The molecule has 0 aromatic heterocycles. The van der Waals surface area contributed by atoms with E-state index in [1.807, 2.05) is 0 Å². The van der Waals surface area contributed by atoms with Crippen LogP contribution in [0.5, 0.6) is 0 Å². The fourth-order valence-corrected chi connectivity index (χ4v) is 0.573. The average molecular weight is 128 g/mol. The van der Waals surface area contributed by atoms with E-state index in [4.69, 9.17) is 0 Å². The fourth-order valence-electron chi connectivity index (χ4n) is 0.573. The van der Waals surface area contributed by atoms with E-state index in [2.05, 4.69) is 32.5 Å². The van der Waals surface area contributed by atoms with E-state index in [1.165, 1.54) is 12.8 Å². The summed E-state index contributed by atoms with van der Waals surface area (Å²) in [6.07, 6.45) is 4.65. The molecular weight excluding hydrogens is 110 g/mol. The van der Waals surface area contributed by atoms with Crippen molar-refractivity contribution < 1.29 is 0 Å². The van der Waals surface area contributed by atoms with Crippen molar-refractivity contribution in [1.29, 1.82) is 0 Å². The molecule has 0 aliphatic rings. The molecule has 0 fully saturated rings. The van der Waals surface area contributed by atoms with Crippen molar-refractivity contribution in [2.24, 2.45) is 0 Å². The quantitative estimate of drug-likeness (QED) is 0.558. The minimum atomic E-state index is 0.674. The summed E-state index contributed by atoms with van der Waals surface area (Å²) >= 11 is 0. The van der Waals surface area contributed by atoms with Crippen molar-refractivity contribution in [3.63, 3.8) is 0 Å². The Morgan fingerprint density at radius 3 is 2.56 bits per heavy atom. The van der Waals surface area contributed by atoms with Crippen LogP contribution in [-0.4, -0.2) is 12.6 Å². The van der Waals surface area contributed by atoms with Crippen LogP contribution in [-0.2, 0) is 0 Å². The molecule has 0 saturated heterocycles. The minimum Gasteiger partial charge on any atom is -0.314 e. The second kappa shape index (κ2) is 6.09. The Hall–Kier alpha value is -0.0400. The average Bonchev–Trinajstić information content (AvgIpc) is 1.89. The summed E-state index contributed by atoms with van der Waals surface area (Å²) in [6, 6.07) is 0.674. The first kappa shape index (κ1) is 8.96. The monoisotopic (exact) mass is 128 g/mol. The second-order valence-corrected chi connectivity index (χ2v) is 2.41. The van der Waals surface area contributed by atoms with Gasteiger partial charge in [0.1, 0.15) is 0 Å². The summed E-state index contributed by atoms with van der Waals surface area (Å²) in [4.78, 5) is 0. The van der Waals surface area contributed by atoms with Gasteiger partial charge in [0.15, 0.2) is 0 Å². The Morgan fingerprint density at radius 1 is 1.44 bits per heavy atom. The number of hydrogen-bond acceptors (Lipinski definition) is 1. The van der Waals surface area contributed by atoms with Gasteiger partial charge in [0, 0.05) is 6.04 Å². The molecule has 0 rings (SSSR count). The Kier molecular flexibility index (Phi) is 6.06.